The number of phenols is 1. The largest absolute Gasteiger partial charge is 0.508 e. The molecule has 2 aromatic heterocycles. The van der Waals surface area contributed by atoms with E-state index in [1.807, 2.05) is 49.7 Å². The Kier molecular flexibility index (Phi) is 4.26. The second-order valence-electron chi connectivity index (χ2n) is 6.18. The van der Waals surface area contributed by atoms with Crippen molar-refractivity contribution in [3.63, 3.8) is 0 Å². The molecule has 1 atom stereocenters. The maximum Gasteiger partial charge on any atom is 0.130 e. The molecule has 0 fully saturated rings. The maximum absolute atomic E-state index is 9.68. The van der Waals surface area contributed by atoms with Gasteiger partial charge in [-0.05, 0) is 43.7 Å². The molecule has 2 heterocycles. The molecule has 0 saturated carbocycles. The van der Waals surface area contributed by atoms with Crippen LogP contribution < -0.4 is 5.32 Å². The second kappa shape index (κ2) is 6.72. The number of benzene rings is 2. The number of phenolic OH excluding ortho intramolecular Hbond substituents is 1. The number of nitrogens with one attached hydrogen (secondary N) is 1. The van der Waals surface area contributed by atoms with Crippen LogP contribution in [-0.2, 0) is 0 Å². The highest BCUT2D eigenvalue weighted by Crippen LogP contribution is 2.27. The van der Waals surface area contributed by atoms with E-state index in [1.54, 1.807) is 23.5 Å². The average molecular weight is 362 g/mol. The minimum atomic E-state index is 0.00762. The number of thiazole rings is 1. The van der Waals surface area contributed by atoms with Gasteiger partial charge in [-0.3, -0.25) is 0 Å². The molecule has 6 heteroatoms. The molecule has 0 saturated heterocycles. The van der Waals surface area contributed by atoms with E-state index in [0.717, 1.165) is 32.9 Å². The summed E-state index contributed by atoms with van der Waals surface area (Å²) in [6, 6.07) is 15.4. The van der Waals surface area contributed by atoms with Crippen molar-refractivity contribution in [1.82, 2.24) is 15.0 Å². The monoisotopic (exact) mass is 362 g/mol. The van der Waals surface area contributed by atoms with Crippen molar-refractivity contribution in [3.05, 3.63) is 65.4 Å². The number of rotatable bonds is 4. The summed E-state index contributed by atoms with van der Waals surface area (Å²) >= 11 is 1.62. The Labute approximate surface area is 155 Å². The average Bonchev–Trinajstić information content (AvgIpc) is 3.09. The quantitative estimate of drug-likeness (QED) is 0.538. The van der Waals surface area contributed by atoms with Gasteiger partial charge in [0.25, 0.3) is 0 Å². The zero-order chi connectivity index (χ0) is 18.1. The van der Waals surface area contributed by atoms with E-state index in [0.29, 0.717) is 5.82 Å². The first-order chi connectivity index (χ1) is 12.6. The van der Waals surface area contributed by atoms with Crippen LogP contribution in [0.1, 0.15) is 24.4 Å². The third-order valence-corrected chi connectivity index (χ3v) is 4.99. The van der Waals surface area contributed by atoms with Crippen molar-refractivity contribution in [2.45, 2.75) is 19.9 Å². The summed E-state index contributed by atoms with van der Waals surface area (Å²) in [6.07, 6.45) is 0. The van der Waals surface area contributed by atoms with E-state index >= 15 is 0 Å². The summed E-state index contributed by atoms with van der Waals surface area (Å²) in [5.74, 6) is 1.72. The molecule has 0 aliphatic heterocycles. The molecule has 4 aromatic rings. The number of hydrogen-bond donors (Lipinski definition) is 2. The van der Waals surface area contributed by atoms with Gasteiger partial charge in [-0.15, -0.1) is 11.3 Å². The lowest BCUT2D eigenvalue weighted by atomic mass is 10.1. The summed E-state index contributed by atoms with van der Waals surface area (Å²) in [6.45, 7) is 3.92. The topological polar surface area (TPSA) is 70.9 Å². The minimum absolute atomic E-state index is 0.00762. The Morgan fingerprint density at radius 2 is 1.96 bits per heavy atom. The van der Waals surface area contributed by atoms with Crippen molar-refractivity contribution in [1.29, 1.82) is 0 Å². The molecule has 0 aliphatic carbocycles. The van der Waals surface area contributed by atoms with Crippen LogP contribution >= 0.6 is 11.3 Å². The second-order valence-corrected chi connectivity index (χ2v) is 7.07. The van der Waals surface area contributed by atoms with Gasteiger partial charge < -0.3 is 10.4 Å². The Morgan fingerprint density at radius 3 is 2.81 bits per heavy atom. The van der Waals surface area contributed by atoms with Gasteiger partial charge in [0, 0.05) is 11.6 Å². The Morgan fingerprint density at radius 1 is 1.08 bits per heavy atom. The Balaban J connectivity index is 1.65. The number of aromatic hydroxyl groups is 1. The molecule has 0 amide bonds. The fraction of sp³-hybridized carbons (Fsp3) is 0.150. The lowest BCUT2D eigenvalue weighted by molar-refractivity contribution is 0.474. The van der Waals surface area contributed by atoms with E-state index in [4.69, 9.17) is 0 Å². The van der Waals surface area contributed by atoms with E-state index in [-0.39, 0.29) is 11.8 Å². The predicted octanol–water partition coefficient (Wildman–Crippen LogP) is 4.94. The van der Waals surface area contributed by atoms with Crippen LogP contribution in [0.5, 0.6) is 5.75 Å². The van der Waals surface area contributed by atoms with Crippen LogP contribution in [0.2, 0.25) is 0 Å². The molecule has 0 radical (unpaired) electrons. The van der Waals surface area contributed by atoms with Crippen LogP contribution in [-0.4, -0.2) is 20.1 Å². The first kappa shape index (κ1) is 16.5. The third-order valence-electron chi connectivity index (χ3n) is 4.20. The first-order valence-corrected chi connectivity index (χ1v) is 9.21. The van der Waals surface area contributed by atoms with Crippen LogP contribution in [0.15, 0.2) is 54.0 Å². The number of fused-ring (bicyclic) bond motifs is 1. The van der Waals surface area contributed by atoms with Gasteiger partial charge in [0.2, 0.25) is 0 Å². The van der Waals surface area contributed by atoms with Crippen molar-refractivity contribution < 1.29 is 5.11 Å². The zero-order valence-corrected chi connectivity index (χ0v) is 15.3. The summed E-state index contributed by atoms with van der Waals surface area (Å²) < 4.78 is 1.14. The maximum atomic E-state index is 9.68. The van der Waals surface area contributed by atoms with Crippen molar-refractivity contribution in [2.75, 3.05) is 5.32 Å². The number of anilines is 1. The van der Waals surface area contributed by atoms with Gasteiger partial charge in [0.05, 0.1) is 27.5 Å². The molecule has 2 aromatic carbocycles. The number of hydrogen-bond acceptors (Lipinski definition) is 6. The van der Waals surface area contributed by atoms with Crippen LogP contribution in [0.25, 0.3) is 21.5 Å². The lowest BCUT2D eigenvalue weighted by Crippen LogP contribution is -2.09. The van der Waals surface area contributed by atoms with Crippen LogP contribution in [0.3, 0.4) is 0 Å². The lowest BCUT2D eigenvalue weighted by Gasteiger charge is -2.16. The Hall–Kier alpha value is -2.99. The molecule has 5 nitrogen and oxygen atoms in total. The summed E-state index contributed by atoms with van der Waals surface area (Å²) in [7, 11) is 0. The highest BCUT2D eigenvalue weighted by Gasteiger charge is 2.10. The normalized spacial score (nSPS) is 12.2. The highest BCUT2D eigenvalue weighted by molar-refractivity contribution is 7.16. The van der Waals surface area contributed by atoms with Gasteiger partial charge in [-0.2, -0.15) is 0 Å². The Bertz CT molecular complexity index is 1080. The molecule has 26 heavy (non-hydrogen) atoms. The van der Waals surface area contributed by atoms with Crippen LogP contribution in [0.4, 0.5) is 5.82 Å². The van der Waals surface area contributed by atoms with E-state index < -0.39 is 0 Å². The third kappa shape index (κ3) is 3.36. The number of aromatic nitrogens is 3. The SMILES string of the molecule is Cc1nc(N[C@H](C)c2cccc(O)c2)cc(-c2ccc3ncsc3c2)n1. The smallest absolute Gasteiger partial charge is 0.130 e. The summed E-state index contributed by atoms with van der Waals surface area (Å²) in [5.41, 5.74) is 5.76. The molecule has 2 N–H and O–H groups in total. The highest BCUT2D eigenvalue weighted by atomic mass is 32.1. The molecule has 130 valence electrons. The van der Waals surface area contributed by atoms with E-state index in [2.05, 4.69) is 26.3 Å². The molecule has 4 rings (SSSR count). The van der Waals surface area contributed by atoms with Gasteiger partial charge in [0.1, 0.15) is 17.4 Å². The number of aryl methyl sites for hydroxylation is 1. The van der Waals surface area contributed by atoms with Crippen LogP contribution in [0, 0.1) is 6.92 Å². The molecular formula is C20H18N4OS. The molecule has 0 bridgehead atoms. The van der Waals surface area contributed by atoms with Gasteiger partial charge in [-0.1, -0.05) is 18.2 Å². The summed E-state index contributed by atoms with van der Waals surface area (Å²) in [4.78, 5) is 13.4. The van der Waals surface area contributed by atoms with Crippen molar-refractivity contribution >= 4 is 27.4 Å². The fourth-order valence-corrected chi connectivity index (χ4v) is 3.62. The molecule has 0 unspecified atom stereocenters. The standard InChI is InChI=1S/C20H18N4OS/c1-12(14-4-3-5-16(25)8-14)22-20-10-18(23-13(2)24-20)15-6-7-17-19(9-15)26-11-21-17/h3-12,25H,1-2H3,(H,22,23,24)/t12-/m1/s1. The van der Waals surface area contributed by atoms with Crippen molar-refractivity contribution in [3.8, 4) is 17.0 Å². The first-order valence-electron chi connectivity index (χ1n) is 8.33. The molecular weight excluding hydrogens is 344 g/mol. The van der Waals surface area contributed by atoms with Gasteiger partial charge in [-0.25, -0.2) is 15.0 Å². The number of nitrogens with zero attached hydrogens (tertiary/aromatic N) is 3. The molecule has 0 aliphatic rings. The molecule has 0 spiro atoms. The fourth-order valence-electron chi connectivity index (χ4n) is 2.90. The zero-order valence-electron chi connectivity index (χ0n) is 14.5. The van der Waals surface area contributed by atoms with E-state index in [9.17, 15) is 5.11 Å². The van der Waals surface area contributed by atoms with Gasteiger partial charge in [0.15, 0.2) is 0 Å². The van der Waals surface area contributed by atoms with Crippen molar-refractivity contribution in [2.24, 2.45) is 0 Å². The summed E-state index contributed by atoms with van der Waals surface area (Å²) in [5, 5.41) is 13.1. The predicted molar refractivity (Wildman–Crippen MR) is 106 cm³/mol. The van der Waals surface area contributed by atoms with Gasteiger partial charge >= 0.3 is 0 Å². The van der Waals surface area contributed by atoms with E-state index in [1.165, 1.54) is 0 Å². The minimum Gasteiger partial charge on any atom is -0.508 e.